The Bertz CT molecular complexity index is 832. The maximum Gasteiger partial charge on any atom is 0.263 e. The van der Waals surface area contributed by atoms with Crippen molar-refractivity contribution in [3.05, 3.63) is 108 Å². The Morgan fingerprint density at radius 2 is 1.21 bits per heavy atom. The van der Waals surface area contributed by atoms with Gasteiger partial charge >= 0.3 is 0 Å². The molecule has 3 aromatic rings. The normalized spacial score (nSPS) is 17.8. The van der Waals surface area contributed by atoms with Crippen LogP contribution in [0.3, 0.4) is 0 Å². The molecule has 0 unspecified atom stereocenters. The SMILES string of the molecule is N[C@H]1CCCCN(OC(c2ccccc2)(c2ccccc2)c2ccccc2)C1=O. The van der Waals surface area contributed by atoms with Crippen molar-refractivity contribution in [1.82, 2.24) is 5.06 Å². The first-order chi connectivity index (χ1) is 14.2. The van der Waals surface area contributed by atoms with Crippen molar-refractivity contribution >= 4 is 5.91 Å². The third kappa shape index (κ3) is 3.82. The summed E-state index contributed by atoms with van der Waals surface area (Å²) >= 11 is 0. The van der Waals surface area contributed by atoms with Gasteiger partial charge in [0.05, 0.1) is 6.04 Å². The van der Waals surface area contributed by atoms with Gasteiger partial charge in [-0.15, -0.1) is 0 Å². The lowest BCUT2D eigenvalue weighted by Gasteiger charge is -2.39. The highest BCUT2D eigenvalue weighted by molar-refractivity contribution is 5.81. The first-order valence-electron chi connectivity index (χ1n) is 10.1. The summed E-state index contributed by atoms with van der Waals surface area (Å²) in [6, 6.07) is 29.7. The van der Waals surface area contributed by atoms with Crippen LogP contribution in [0.5, 0.6) is 0 Å². The van der Waals surface area contributed by atoms with Gasteiger partial charge in [-0.1, -0.05) is 91.0 Å². The van der Waals surface area contributed by atoms with Crippen LogP contribution >= 0.6 is 0 Å². The first kappa shape index (κ1) is 19.4. The van der Waals surface area contributed by atoms with E-state index in [4.69, 9.17) is 10.6 Å². The quantitative estimate of drug-likeness (QED) is 0.667. The number of hydroxylamine groups is 2. The predicted octanol–water partition coefficient (Wildman–Crippen LogP) is 4.25. The second kappa shape index (κ2) is 8.60. The highest BCUT2D eigenvalue weighted by Gasteiger charge is 2.42. The molecule has 29 heavy (non-hydrogen) atoms. The molecule has 0 spiro atoms. The van der Waals surface area contributed by atoms with Crippen LogP contribution in [-0.4, -0.2) is 23.6 Å². The molecule has 148 valence electrons. The number of rotatable bonds is 5. The van der Waals surface area contributed by atoms with E-state index >= 15 is 0 Å². The summed E-state index contributed by atoms with van der Waals surface area (Å²) < 4.78 is 0. The summed E-state index contributed by atoms with van der Waals surface area (Å²) in [4.78, 5) is 19.7. The fourth-order valence-electron chi connectivity index (χ4n) is 3.97. The molecule has 1 heterocycles. The van der Waals surface area contributed by atoms with Gasteiger partial charge in [-0.2, -0.15) is 0 Å². The van der Waals surface area contributed by atoms with E-state index in [0.717, 1.165) is 29.5 Å². The summed E-state index contributed by atoms with van der Waals surface area (Å²) in [6.45, 7) is 0.529. The Kier molecular flexibility index (Phi) is 5.74. The molecule has 0 radical (unpaired) electrons. The summed E-state index contributed by atoms with van der Waals surface area (Å²) in [5.74, 6) is -0.158. The third-order valence-corrected chi connectivity index (χ3v) is 5.48. The number of amides is 1. The van der Waals surface area contributed by atoms with Gasteiger partial charge in [0.1, 0.15) is 0 Å². The van der Waals surface area contributed by atoms with Crippen LogP contribution in [0.15, 0.2) is 91.0 Å². The van der Waals surface area contributed by atoms with Gasteiger partial charge in [-0.05, 0) is 36.0 Å². The molecule has 0 saturated carbocycles. The van der Waals surface area contributed by atoms with E-state index in [1.807, 2.05) is 91.0 Å². The smallest absolute Gasteiger partial charge is 0.263 e. The zero-order chi connectivity index (χ0) is 20.1. The van der Waals surface area contributed by atoms with Crippen molar-refractivity contribution in [2.45, 2.75) is 30.9 Å². The van der Waals surface area contributed by atoms with Crippen LogP contribution in [0.1, 0.15) is 36.0 Å². The molecule has 0 aliphatic carbocycles. The van der Waals surface area contributed by atoms with E-state index in [2.05, 4.69) is 0 Å². The van der Waals surface area contributed by atoms with Crippen molar-refractivity contribution in [2.75, 3.05) is 6.54 Å². The molecule has 1 amide bonds. The summed E-state index contributed by atoms with van der Waals surface area (Å²) in [6.07, 6.45) is 2.48. The van der Waals surface area contributed by atoms with E-state index in [1.165, 1.54) is 5.06 Å². The largest absolute Gasteiger partial charge is 0.320 e. The fraction of sp³-hybridized carbons (Fsp3) is 0.240. The molecule has 1 aliphatic rings. The van der Waals surface area contributed by atoms with Crippen molar-refractivity contribution in [1.29, 1.82) is 0 Å². The van der Waals surface area contributed by atoms with Gasteiger partial charge in [0.15, 0.2) is 5.60 Å². The molecule has 1 aliphatic heterocycles. The van der Waals surface area contributed by atoms with Crippen LogP contribution in [-0.2, 0) is 15.2 Å². The maximum absolute atomic E-state index is 13.0. The number of benzene rings is 3. The topological polar surface area (TPSA) is 55.6 Å². The molecule has 1 atom stereocenters. The minimum absolute atomic E-state index is 0.158. The van der Waals surface area contributed by atoms with Crippen molar-refractivity contribution in [3.63, 3.8) is 0 Å². The molecule has 4 rings (SSSR count). The van der Waals surface area contributed by atoms with Gasteiger partial charge in [-0.25, -0.2) is 9.90 Å². The molecule has 0 aromatic heterocycles. The molecule has 2 N–H and O–H groups in total. The number of carbonyl (C=O) groups excluding carboxylic acids is 1. The van der Waals surface area contributed by atoms with Crippen LogP contribution in [0.4, 0.5) is 0 Å². The highest BCUT2D eigenvalue weighted by Crippen LogP contribution is 2.41. The monoisotopic (exact) mass is 386 g/mol. The lowest BCUT2D eigenvalue weighted by Crippen LogP contribution is -2.48. The van der Waals surface area contributed by atoms with Crippen LogP contribution < -0.4 is 5.73 Å². The molecular formula is C25H26N2O2. The standard InChI is InChI=1S/C25H26N2O2/c26-23-18-10-11-19-27(24(23)28)29-25(20-12-4-1-5-13-20,21-14-6-2-7-15-21)22-16-8-3-9-17-22/h1-9,12-17,23H,10-11,18-19,26H2/t23-/m0/s1. The van der Waals surface area contributed by atoms with E-state index < -0.39 is 11.6 Å². The number of nitrogens with two attached hydrogens (primary N) is 1. The average Bonchev–Trinajstić information content (AvgIpc) is 2.95. The van der Waals surface area contributed by atoms with E-state index in [1.54, 1.807) is 0 Å². The predicted molar refractivity (Wildman–Crippen MR) is 114 cm³/mol. The molecule has 4 heteroatoms. The zero-order valence-corrected chi connectivity index (χ0v) is 16.4. The Hall–Kier alpha value is -2.95. The second-order valence-corrected chi connectivity index (χ2v) is 7.41. The summed E-state index contributed by atoms with van der Waals surface area (Å²) in [7, 11) is 0. The van der Waals surface area contributed by atoms with Gasteiger partial charge < -0.3 is 5.73 Å². The number of hydrogen-bond acceptors (Lipinski definition) is 3. The zero-order valence-electron chi connectivity index (χ0n) is 16.4. The Morgan fingerprint density at radius 3 is 1.66 bits per heavy atom. The van der Waals surface area contributed by atoms with Crippen molar-refractivity contribution in [3.8, 4) is 0 Å². The molecule has 4 nitrogen and oxygen atoms in total. The Balaban J connectivity index is 1.91. The van der Waals surface area contributed by atoms with Gasteiger partial charge in [0.25, 0.3) is 5.91 Å². The number of nitrogens with zero attached hydrogens (tertiary/aromatic N) is 1. The lowest BCUT2D eigenvalue weighted by molar-refractivity contribution is -0.222. The van der Waals surface area contributed by atoms with Gasteiger partial charge in [0, 0.05) is 6.54 Å². The maximum atomic E-state index is 13.0. The van der Waals surface area contributed by atoms with Crippen molar-refractivity contribution < 1.29 is 9.63 Å². The fourth-order valence-corrected chi connectivity index (χ4v) is 3.97. The molecule has 1 fully saturated rings. The van der Waals surface area contributed by atoms with Gasteiger partial charge in [-0.3, -0.25) is 4.79 Å². The highest BCUT2D eigenvalue weighted by atomic mass is 16.7. The first-order valence-corrected chi connectivity index (χ1v) is 10.1. The minimum Gasteiger partial charge on any atom is -0.320 e. The van der Waals surface area contributed by atoms with E-state index in [0.29, 0.717) is 13.0 Å². The van der Waals surface area contributed by atoms with Crippen molar-refractivity contribution in [2.24, 2.45) is 5.73 Å². The van der Waals surface area contributed by atoms with Crippen LogP contribution in [0.2, 0.25) is 0 Å². The second-order valence-electron chi connectivity index (χ2n) is 7.41. The van der Waals surface area contributed by atoms with Crippen LogP contribution in [0.25, 0.3) is 0 Å². The van der Waals surface area contributed by atoms with Gasteiger partial charge in [0.2, 0.25) is 0 Å². The average molecular weight is 386 g/mol. The molecule has 1 saturated heterocycles. The van der Waals surface area contributed by atoms with E-state index in [9.17, 15) is 4.79 Å². The lowest BCUT2D eigenvalue weighted by atomic mass is 9.80. The molecular weight excluding hydrogens is 360 g/mol. The molecule has 3 aromatic carbocycles. The Labute approximate surface area is 171 Å². The van der Waals surface area contributed by atoms with Crippen LogP contribution in [0, 0.1) is 0 Å². The third-order valence-electron chi connectivity index (χ3n) is 5.48. The number of carbonyl (C=O) groups is 1. The number of hydrogen-bond donors (Lipinski definition) is 1. The Morgan fingerprint density at radius 1 is 0.759 bits per heavy atom. The summed E-state index contributed by atoms with van der Waals surface area (Å²) in [5.41, 5.74) is 8.06. The molecule has 0 bridgehead atoms. The minimum atomic E-state index is -0.955. The van der Waals surface area contributed by atoms with E-state index in [-0.39, 0.29) is 5.91 Å². The summed E-state index contributed by atoms with van der Waals surface area (Å²) in [5, 5.41) is 1.49.